The summed E-state index contributed by atoms with van der Waals surface area (Å²) < 4.78 is 1.67. The molecule has 2 aromatic heterocycles. The summed E-state index contributed by atoms with van der Waals surface area (Å²) in [5, 5.41) is 0.597. The van der Waals surface area contributed by atoms with Crippen molar-refractivity contribution in [1.82, 2.24) is 14.5 Å². The summed E-state index contributed by atoms with van der Waals surface area (Å²) in [6, 6.07) is 10.3. The first kappa shape index (κ1) is 19.6. The van der Waals surface area contributed by atoms with Gasteiger partial charge in [0.25, 0.3) is 11.5 Å². The Labute approximate surface area is 174 Å². The molecular formula is C22H26N4O2S. The molecule has 0 saturated carbocycles. The van der Waals surface area contributed by atoms with Crippen molar-refractivity contribution in [2.75, 3.05) is 31.1 Å². The van der Waals surface area contributed by atoms with Gasteiger partial charge in [-0.2, -0.15) is 0 Å². The van der Waals surface area contributed by atoms with Crippen molar-refractivity contribution < 1.29 is 4.79 Å². The average molecular weight is 411 g/mol. The zero-order valence-electron chi connectivity index (χ0n) is 16.9. The van der Waals surface area contributed by atoms with Crippen LogP contribution < -0.4 is 10.5 Å². The van der Waals surface area contributed by atoms with E-state index in [-0.39, 0.29) is 11.5 Å². The number of anilines is 1. The number of hydrogen-bond acceptors (Lipinski definition) is 5. The third-order valence-electron chi connectivity index (χ3n) is 5.55. The van der Waals surface area contributed by atoms with Crippen molar-refractivity contribution in [3.8, 4) is 0 Å². The highest BCUT2D eigenvalue weighted by atomic mass is 32.1. The van der Waals surface area contributed by atoms with Crippen LogP contribution in [0.1, 0.15) is 35.0 Å². The second-order valence-electron chi connectivity index (χ2n) is 7.45. The summed E-state index contributed by atoms with van der Waals surface area (Å²) in [5.74, 6) is 0.0118. The van der Waals surface area contributed by atoms with Crippen LogP contribution >= 0.6 is 11.3 Å². The van der Waals surface area contributed by atoms with E-state index in [1.54, 1.807) is 10.9 Å². The normalized spacial score (nSPS) is 14.6. The van der Waals surface area contributed by atoms with Gasteiger partial charge >= 0.3 is 0 Å². The predicted octanol–water partition coefficient (Wildman–Crippen LogP) is 3.53. The fourth-order valence-electron chi connectivity index (χ4n) is 3.80. The minimum Gasteiger partial charge on any atom is -0.368 e. The van der Waals surface area contributed by atoms with Gasteiger partial charge in [-0.3, -0.25) is 14.2 Å². The molecule has 0 radical (unpaired) electrons. The van der Waals surface area contributed by atoms with Gasteiger partial charge in [0.05, 0.1) is 16.6 Å². The van der Waals surface area contributed by atoms with E-state index in [0.717, 1.165) is 31.5 Å². The molecule has 0 atom stereocenters. The van der Waals surface area contributed by atoms with E-state index in [4.69, 9.17) is 0 Å². The van der Waals surface area contributed by atoms with E-state index >= 15 is 0 Å². The number of hydrogen-bond donors (Lipinski definition) is 0. The highest BCUT2D eigenvalue weighted by molar-refractivity contribution is 7.20. The number of unbranched alkanes of at least 4 members (excludes halogenated alkanes) is 1. The molecule has 0 N–H and O–H groups in total. The monoisotopic (exact) mass is 410 g/mol. The van der Waals surface area contributed by atoms with E-state index in [9.17, 15) is 9.59 Å². The number of benzene rings is 1. The molecule has 0 aliphatic carbocycles. The SMILES string of the molecule is CCCCn1cnc2sc(C(=O)N3CCN(c4ccccc4)CC3)c(C)c2c1=O. The highest BCUT2D eigenvalue weighted by Gasteiger charge is 2.26. The van der Waals surface area contributed by atoms with Crippen LogP contribution in [0.5, 0.6) is 0 Å². The van der Waals surface area contributed by atoms with Crippen molar-refractivity contribution in [3.63, 3.8) is 0 Å². The highest BCUT2D eigenvalue weighted by Crippen LogP contribution is 2.28. The van der Waals surface area contributed by atoms with E-state index in [1.165, 1.54) is 17.0 Å². The first-order valence-electron chi connectivity index (χ1n) is 10.2. The zero-order valence-corrected chi connectivity index (χ0v) is 17.7. The molecule has 152 valence electrons. The smallest absolute Gasteiger partial charge is 0.264 e. The molecule has 1 saturated heterocycles. The van der Waals surface area contributed by atoms with Crippen LogP contribution in [0.15, 0.2) is 41.5 Å². The lowest BCUT2D eigenvalue weighted by Crippen LogP contribution is -2.48. The Bertz CT molecular complexity index is 1070. The van der Waals surface area contributed by atoms with Crippen LogP contribution in [0.2, 0.25) is 0 Å². The fraction of sp³-hybridized carbons (Fsp3) is 0.409. The molecule has 1 aromatic carbocycles. The van der Waals surface area contributed by atoms with E-state index in [0.29, 0.717) is 34.7 Å². The number of aromatic nitrogens is 2. The lowest BCUT2D eigenvalue weighted by molar-refractivity contribution is 0.0751. The van der Waals surface area contributed by atoms with E-state index < -0.39 is 0 Å². The fourth-order valence-corrected chi connectivity index (χ4v) is 4.91. The molecule has 1 aliphatic heterocycles. The van der Waals surface area contributed by atoms with Gasteiger partial charge in [0.1, 0.15) is 4.83 Å². The Kier molecular flexibility index (Phi) is 5.67. The Morgan fingerprint density at radius 2 is 1.86 bits per heavy atom. The van der Waals surface area contributed by atoms with Crippen molar-refractivity contribution >= 4 is 33.1 Å². The number of carbonyl (C=O) groups is 1. The van der Waals surface area contributed by atoms with Crippen molar-refractivity contribution in [2.45, 2.75) is 33.2 Å². The summed E-state index contributed by atoms with van der Waals surface area (Å²) in [6.07, 6.45) is 3.57. The van der Waals surface area contributed by atoms with Gasteiger partial charge in [-0.1, -0.05) is 31.5 Å². The number of nitrogens with zero attached hydrogens (tertiary/aromatic N) is 4. The molecule has 0 bridgehead atoms. The van der Waals surface area contributed by atoms with E-state index in [1.807, 2.05) is 30.0 Å². The average Bonchev–Trinajstić information content (AvgIpc) is 3.10. The second kappa shape index (κ2) is 8.37. The summed E-state index contributed by atoms with van der Waals surface area (Å²) in [4.78, 5) is 36.0. The minimum absolute atomic E-state index is 0.0118. The number of carbonyl (C=O) groups excluding carboxylic acids is 1. The number of para-hydroxylation sites is 1. The molecule has 29 heavy (non-hydrogen) atoms. The number of fused-ring (bicyclic) bond motifs is 1. The van der Waals surface area contributed by atoms with Crippen LogP contribution in [-0.2, 0) is 6.54 Å². The standard InChI is InChI=1S/C22H26N4O2S/c1-3-4-10-26-15-23-20-18(21(26)27)16(2)19(29-20)22(28)25-13-11-24(12-14-25)17-8-6-5-7-9-17/h5-9,15H,3-4,10-14H2,1-2H3. The van der Waals surface area contributed by atoms with Gasteiger partial charge in [0, 0.05) is 38.4 Å². The molecule has 7 heteroatoms. The third-order valence-corrected chi connectivity index (χ3v) is 6.74. The molecule has 1 amide bonds. The molecular weight excluding hydrogens is 384 g/mol. The molecule has 1 fully saturated rings. The van der Waals surface area contributed by atoms with Crippen LogP contribution in [0, 0.1) is 6.92 Å². The largest absolute Gasteiger partial charge is 0.368 e. The lowest BCUT2D eigenvalue weighted by atomic mass is 10.2. The van der Waals surface area contributed by atoms with Gasteiger partial charge in [0.2, 0.25) is 0 Å². The van der Waals surface area contributed by atoms with Gasteiger partial charge in [0.15, 0.2) is 0 Å². The maximum Gasteiger partial charge on any atom is 0.264 e. The Morgan fingerprint density at radius 1 is 1.14 bits per heavy atom. The van der Waals surface area contributed by atoms with Gasteiger partial charge in [-0.25, -0.2) is 4.98 Å². The first-order valence-corrected chi connectivity index (χ1v) is 11.0. The van der Waals surface area contributed by atoms with E-state index in [2.05, 4.69) is 28.9 Å². The van der Waals surface area contributed by atoms with Crippen LogP contribution in [-0.4, -0.2) is 46.5 Å². The quantitative estimate of drug-likeness (QED) is 0.646. The first-order chi connectivity index (χ1) is 14.1. The minimum atomic E-state index is -0.0369. The second-order valence-corrected chi connectivity index (χ2v) is 8.45. The maximum absolute atomic E-state index is 13.2. The third kappa shape index (κ3) is 3.79. The number of rotatable bonds is 5. The Balaban J connectivity index is 1.54. The molecule has 6 nitrogen and oxygen atoms in total. The van der Waals surface area contributed by atoms with Crippen LogP contribution in [0.25, 0.3) is 10.2 Å². The van der Waals surface area contributed by atoms with Crippen LogP contribution in [0.3, 0.4) is 0 Å². The lowest BCUT2D eigenvalue weighted by Gasteiger charge is -2.36. The van der Waals surface area contributed by atoms with Crippen LogP contribution in [0.4, 0.5) is 5.69 Å². The number of aryl methyl sites for hydroxylation is 2. The predicted molar refractivity (Wildman–Crippen MR) is 118 cm³/mol. The molecule has 0 spiro atoms. The van der Waals surface area contributed by atoms with Gasteiger partial charge in [-0.15, -0.1) is 11.3 Å². The number of thiophene rings is 1. The number of amides is 1. The molecule has 0 unspecified atom stereocenters. The molecule has 4 rings (SSSR count). The molecule has 3 heterocycles. The number of piperazine rings is 1. The molecule has 3 aromatic rings. The summed E-state index contributed by atoms with van der Waals surface area (Å²) >= 11 is 1.34. The summed E-state index contributed by atoms with van der Waals surface area (Å²) in [7, 11) is 0. The van der Waals surface area contributed by atoms with Crippen molar-refractivity contribution in [3.05, 3.63) is 57.5 Å². The molecule has 1 aliphatic rings. The summed E-state index contributed by atoms with van der Waals surface area (Å²) in [5.41, 5.74) is 1.92. The maximum atomic E-state index is 13.2. The Morgan fingerprint density at radius 3 is 2.55 bits per heavy atom. The van der Waals surface area contributed by atoms with Gasteiger partial charge in [-0.05, 0) is 31.0 Å². The zero-order chi connectivity index (χ0) is 20.4. The van der Waals surface area contributed by atoms with Gasteiger partial charge < -0.3 is 9.80 Å². The summed E-state index contributed by atoms with van der Waals surface area (Å²) in [6.45, 7) is 7.60. The topological polar surface area (TPSA) is 58.4 Å². The van der Waals surface area contributed by atoms with Crippen molar-refractivity contribution in [1.29, 1.82) is 0 Å². The Hall–Kier alpha value is -2.67. The van der Waals surface area contributed by atoms with Crippen molar-refractivity contribution in [2.24, 2.45) is 0 Å².